The molecule has 0 bridgehead atoms. The summed E-state index contributed by atoms with van der Waals surface area (Å²) in [6.07, 6.45) is 0. The second kappa shape index (κ2) is 10.2. The Labute approximate surface area is 196 Å². The van der Waals surface area contributed by atoms with Crippen molar-refractivity contribution in [1.29, 1.82) is 0 Å². The molecule has 168 valence electrons. The van der Waals surface area contributed by atoms with Crippen LogP contribution in [0, 0.1) is 5.92 Å². The number of benzene rings is 1. The lowest BCUT2D eigenvalue weighted by Gasteiger charge is -2.28. The molecule has 0 atom stereocenters. The van der Waals surface area contributed by atoms with E-state index < -0.39 is 0 Å². The van der Waals surface area contributed by atoms with Crippen molar-refractivity contribution in [3.8, 4) is 11.5 Å². The van der Waals surface area contributed by atoms with Gasteiger partial charge in [-0.25, -0.2) is 0 Å². The molecule has 32 heavy (non-hydrogen) atoms. The van der Waals surface area contributed by atoms with Crippen molar-refractivity contribution in [2.24, 2.45) is 5.92 Å². The van der Waals surface area contributed by atoms with Gasteiger partial charge in [0.2, 0.25) is 12.7 Å². The Balaban J connectivity index is 1.53. The van der Waals surface area contributed by atoms with Crippen LogP contribution >= 0.6 is 22.7 Å². The first-order chi connectivity index (χ1) is 15.5. The van der Waals surface area contributed by atoms with E-state index in [4.69, 9.17) is 9.47 Å². The van der Waals surface area contributed by atoms with Crippen LogP contribution in [0.5, 0.6) is 11.5 Å². The molecule has 6 nitrogen and oxygen atoms in total. The first kappa shape index (κ1) is 22.4. The summed E-state index contributed by atoms with van der Waals surface area (Å²) in [7, 11) is 0. The largest absolute Gasteiger partial charge is 0.454 e. The molecule has 3 heterocycles. The zero-order valence-corrected chi connectivity index (χ0v) is 19.8. The molecule has 0 saturated heterocycles. The van der Waals surface area contributed by atoms with Gasteiger partial charge in [-0.1, -0.05) is 32.0 Å². The van der Waals surface area contributed by atoms with Crippen LogP contribution in [0.15, 0.2) is 53.2 Å². The number of carbonyl (C=O) groups is 2. The van der Waals surface area contributed by atoms with E-state index in [1.54, 1.807) is 27.2 Å². The number of rotatable bonds is 9. The third kappa shape index (κ3) is 5.49. The van der Waals surface area contributed by atoms with Gasteiger partial charge in [0.05, 0.1) is 11.4 Å². The molecule has 0 unspecified atom stereocenters. The van der Waals surface area contributed by atoms with Crippen molar-refractivity contribution in [2.45, 2.75) is 26.9 Å². The van der Waals surface area contributed by atoms with Gasteiger partial charge in [0.15, 0.2) is 11.5 Å². The maximum atomic E-state index is 13.5. The molecule has 2 aromatic heterocycles. The SMILES string of the molecule is CC(C)CN(CC(=O)N(Cc1ccc2c(c1)OCO2)Cc1cccs1)C(=O)c1cccs1. The number of hydrogen-bond donors (Lipinski definition) is 0. The maximum Gasteiger partial charge on any atom is 0.264 e. The van der Waals surface area contributed by atoms with E-state index in [2.05, 4.69) is 13.8 Å². The van der Waals surface area contributed by atoms with Crippen LogP contribution in [0.3, 0.4) is 0 Å². The van der Waals surface area contributed by atoms with Gasteiger partial charge >= 0.3 is 0 Å². The fourth-order valence-electron chi connectivity index (χ4n) is 3.56. The summed E-state index contributed by atoms with van der Waals surface area (Å²) in [4.78, 5) is 31.7. The average Bonchev–Trinajstić information content (AvgIpc) is 3.54. The smallest absolute Gasteiger partial charge is 0.264 e. The topological polar surface area (TPSA) is 59.1 Å². The van der Waals surface area contributed by atoms with Crippen molar-refractivity contribution in [3.05, 3.63) is 68.5 Å². The molecule has 2 amide bonds. The fraction of sp³-hybridized carbons (Fsp3) is 0.333. The van der Waals surface area contributed by atoms with Crippen molar-refractivity contribution in [3.63, 3.8) is 0 Å². The van der Waals surface area contributed by atoms with Crippen LogP contribution in [0.4, 0.5) is 0 Å². The predicted molar refractivity (Wildman–Crippen MR) is 126 cm³/mol. The highest BCUT2D eigenvalue weighted by Gasteiger charge is 2.25. The van der Waals surface area contributed by atoms with Gasteiger partial charge in [0.1, 0.15) is 6.54 Å². The zero-order chi connectivity index (χ0) is 22.5. The van der Waals surface area contributed by atoms with Crippen LogP contribution in [0.1, 0.15) is 34.0 Å². The molecule has 0 saturated carbocycles. The normalized spacial score (nSPS) is 12.2. The maximum absolute atomic E-state index is 13.5. The van der Waals surface area contributed by atoms with E-state index in [9.17, 15) is 9.59 Å². The molecule has 1 aromatic carbocycles. The van der Waals surface area contributed by atoms with Gasteiger partial charge in [-0.15, -0.1) is 22.7 Å². The van der Waals surface area contributed by atoms with Gasteiger partial charge in [-0.3, -0.25) is 9.59 Å². The molecule has 1 aliphatic rings. The van der Waals surface area contributed by atoms with Crippen LogP contribution in [0.2, 0.25) is 0 Å². The van der Waals surface area contributed by atoms with Crippen LogP contribution in [0.25, 0.3) is 0 Å². The summed E-state index contributed by atoms with van der Waals surface area (Å²) in [6.45, 7) is 5.81. The van der Waals surface area contributed by atoms with E-state index in [0.717, 1.165) is 16.2 Å². The highest BCUT2D eigenvalue weighted by Crippen LogP contribution is 2.33. The standard InChI is InChI=1S/C24H26N2O4S2/c1-17(2)12-26(24(28)22-6-4-10-32-22)15-23(27)25(14-19-5-3-9-31-19)13-18-7-8-20-21(11-18)30-16-29-20/h3-11,17H,12-16H2,1-2H3. The van der Waals surface area contributed by atoms with Crippen molar-refractivity contribution < 1.29 is 19.1 Å². The predicted octanol–water partition coefficient (Wildman–Crippen LogP) is 4.87. The second-order valence-electron chi connectivity index (χ2n) is 8.07. The second-order valence-corrected chi connectivity index (χ2v) is 10.1. The first-order valence-electron chi connectivity index (χ1n) is 10.5. The van der Waals surface area contributed by atoms with E-state index in [1.165, 1.54) is 11.3 Å². The van der Waals surface area contributed by atoms with Gasteiger partial charge in [-0.2, -0.15) is 0 Å². The third-order valence-electron chi connectivity index (χ3n) is 5.02. The van der Waals surface area contributed by atoms with E-state index in [0.29, 0.717) is 30.3 Å². The molecule has 0 spiro atoms. The Kier molecular flexibility index (Phi) is 7.12. The molecule has 4 rings (SSSR count). The summed E-state index contributed by atoms with van der Waals surface area (Å²) < 4.78 is 10.9. The lowest BCUT2D eigenvalue weighted by Crippen LogP contribution is -2.43. The first-order valence-corrected chi connectivity index (χ1v) is 12.3. The number of fused-ring (bicyclic) bond motifs is 1. The molecule has 1 aliphatic heterocycles. The Morgan fingerprint density at radius 3 is 2.47 bits per heavy atom. The van der Waals surface area contributed by atoms with Crippen LogP contribution in [-0.4, -0.2) is 41.5 Å². The fourth-order valence-corrected chi connectivity index (χ4v) is 4.97. The van der Waals surface area contributed by atoms with Gasteiger partial charge in [-0.05, 0) is 46.5 Å². The highest BCUT2D eigenvalue weighted by atomic mass is 32.1. The van der Waals surface area contributed by atoms with E-state index in [1.807, 2.05) is 47.2 Å². The lowest BCUT2D eigenvalue weighted by molar-refractivity contribution is -0.133. The van der Waals surface area contributed by atoms with Crippen molar-refractivity contribution in [2.75, 3.05) is 19.9 Å². The summed E-state index contributed by atoms with van der Waals surface area (Å²) in [5.74, 6) is 1.49. The lowest BCUT2D eigenvalue weighted by atomic mass is 10.1. The highest BCUT2D eigenvalue weighted by molar-refractivity contribution is 7.12. The average molecular weight is 471 g/mol. The molecule has 0 N–H and O–H groups in total. The number of ether oxygens (including phenoxy) is 2. The summed E-state index contributed by atoms with van der Waals surface area (Å²) in [6, 6.07) is 13.4. The molecular formula is C24H26N2O4S2. The number of carbonyl (C=O) groups excluding carboxylic acids is 2. The monoisotopic (exact) mass is 470 g/mol. The zero-order valence-electron chi connectivity index (χ0n) is 18.2. The molecule has 8 heteroatoms. The van der Waals surface area contributed by atoms with Crippen molar-refractivity contribution in [1.82, 2.24) is 9.80 Å². The molecule has 3 aromatic rings. The van der Waals surface area contributed by atoms with E-state index >= 15 is 0 Å². The number of thiophene rings is 2. The number of amides is 2. The number of hydrogen-bond acceptors (Lipinski definition) is 6. The summed E-state index contributed by atoms with van der Waals surface area (Å²) in [5.41, 5.74) is 0.958. The Morgan fingerprint density at radius 2 is 1.75 bits per heavy atom. The molecule has 0 radical (unpaired) electrons. The van der Waals surface area contributed by atoms with Crippen LogP contribution in [-0.2, 0) is 17.9 Å². The Hall–Kier alpha value is -2.84. The minimum absolute atomic E-state index is 0.0465. The summed E-state index contributed by atoms with van der Waals surface area (Å²) in [5, 5.41) is 3.88. The number of nitrogens with zero attached hydrogens (tertiary/aromatic N) is 2. The van der Waals surface area contributed by atoms with Gasteiger partial charge in [0, 0.05) is 18.0 Å². The minimum Gasteiger partial charge on any atom is -0.454 e. The van der Waals surface area contributed by atoms with Crippen molar-refractivity contribution >= 4 is 34.5 Å². The minimum atomic E-state index is -0.0961. The third-order valence-corrected chi connectivity index (χ3v) is 6.74. The molecule has 0 aliphatic carbocycles. The van der Waals surface area contributed by atoms with E-state index in [-0.39, 0.29) is 31.1 Å². The van der Waals surface area contributed by atoms with Crippen LogP contribution < -0.4 is 9.47 Å². The molecule has 0 fully saturated rings. The molecular weight excluding hydrogens is 444 g/mol. The van der Waals surface area contributed by atoms with Gasteiger partial charge < -0.3 is 19.3 Å². The Morgan fingerprint density at radius 1 is 0.969 bits per heavy atom. The Bertz CT molecular complexity index is 1050. The summed E-state index contributed by atoms with van der Waals surface area (Å²) >= 11 is 3.02. The quantitative estimate of drug-likeness (QED) is 0.448. The van der Waals surface area contributed by atoms with Gasteiger partial charge in [0.25, 0.3) is 5.91 Å².